The van der Waals surface area contributed by atoms with Gasteiger partial charge in [0.05, 0.1) is 18.4 Å². The van der Waals surface area contributed by atoms with Crippen LogP contribution < -0.4 is 0 Å². The van der Waals surface area contributed by atoms with Gasteiger partial charge < -0.3 is 14.7 Å². The highest BCUT2D eigenvalue weighted by molar-refractivity contribution is 5.87. The van der Waals surface area contributed by atoms with E-state index in [2.05, 4.69) is 0 Å². The summed E-state index contributed by atoms with van der Waals surface area (Å²) in [4.78, 5) is 35.9. The minimum absolute atomic E-state index is 0.135. The van der Waals surface area contributed by atoms with Gasteiger partial charge in [0.15, 0.2) is 0 Å². The van der Waals surface area contributed by atoms with Crippen LogP contribution in [0.25, 0.3) is 0 Å². The monoisotopic (exact) mass is 271 g/mol. The first-order valence-corrected chi connectivity index (χ1v) is 6.50. The number of carbonyl (C=O) groups is 3. The zero-order chi connectivity index (χ0) is 14.6. The molecule has 1 aliphatic carbocycles. The molecule has 3 unspecified atom stereocenters. The van der Waals surface area contributed by atoms with Crippen LogP contribution >= 0.6 is 0 Å². The highest BCUT2D eigenvalue weighted by Crippen LogP contribution is 2.37. The third-order valence-electron chi connectivity index (χ3n) is 3.48. The van der Waals surface area contributed by atoms with Crippen LogP contribution in [0.4, 0.5) is 0 Å². The quantitative estimate of drug-likeness (QED) is 0.746. The molecule has 6 heteroatoms. The lowest BCUT2D eigenvalue weighted by atomic mass is 9.95. The summed E-state index contributed by atoms with van der Waals surface area (Å²) in [7, 11) is 1.50. The maximum Gasteiger partial charge on any atom is 0.325 e. The molecule has 0 aromatic rings. The molecule has 0 heterocycles. The number of hydrogen-bond acceptors (Lipinski definition) is 4. The van der Waals surface area contributed by atoms with E-state index in [0.29, 0.717) is 12.8 Å². The molecule has 0 aliphatic heterocycles. The fourth-order valence-electron chi connectivity index (χ4n) is 2.60. The van der Waals surface area contributed by atoms with Crippen LogP contribution in [0, 0.1) is 17.8 Å². The molecule has 0 radical (unpaired) electrons. The number of hydrogen-bond donors (Lipinski definition) is 1. The predicted molar refractivity (Wildman–Crippen MR) is 67.3 cm³/mol. The van der Waals surface area contributed by atoms with E-state index in [9.17, 15) is 14.4 Å². The molecule has 1 amide bonds. The molecule has 3 atom stereocenters. The van der Waals surface area contributed by atoms with E-state index < -0.39 is 23.8 Å². The summed E-state index contributed by atoms with van der Waals surface area (Å²) in [6.07, 6.45) is 1.07. The molecule has 1 saturated carbocycles. The van der Waals surface area contributed by atoms with Crippen molar-refractivity contribution in [1.29, 1.82) is 0 Å². The van der Waals surface area contributed by atoms with Crippen molar-refractivity contribution in [3.8, 4) is 0 Å². The van der Waals surface area contributed by atoms with Gasteiger partial charge >= 0.3 is 11.9 Å². The van der Waals surface area contributed by atoms with Crippen molar-refractivity contribution in [2.24, 2.45) is 17.8 Å². The second kappa shape index (κ2) is 6.54. The predicted octanol–water partition coefficient (Wildman–Crippen LogP) is 0.755. The summed E-state index contributed by atoms with van der Waals surface area (Å²) in [5.41, 5.74) is 0. The molecule has 0 aromatic carbocycles. The van der Waals surface area contributed by atoms with Gasteiger partial charge in [0.1, 0.15) is 6.54 Å². The smallest absolute Gasteiger partial charge is 0.325 e. The summed E-state index contributed by atoms with van der Waals surface area (Å²) in [6.45, 7) is 3.76. The molecule has 0 bridgehead atoms. The molecule has 1 fully saturated rings. The van der Waals surface area contributed by atoms with Crippen LogP contribution in [0.15, 0.2) is 0 Å². The topological polar surface area (TPSA) is 83.9 Å². The van der Waals surface area contributed by atoms with Gasteiger partial charge in [-0.3, -0.25) is 14.4 Å². The van der Waals surface area contributed by atoms with Crippen molar-refractivity contribution in [2.75, 3.05) is 20.2 Å². The number of likely N-dealkylation sites (N-methyl/N-ethyl adjacent to an activating group) is 1. The van der Waals surface area contributed by atoms with Gasteiger partial charge in [0, 0.05) is 7.05 Å². The van der Waals surface area contributed by atoms with Crippen LogP contribution in [0.2, 0.25) is 0 Å². The Hall–Kier alpha value is -1.59. The van der Waals surface area contributed by atoms with Crippen molar-refractivity contribution in [3.05, 3.63) is 0 Å². The Bertz CT molecular complexity index is 368. The Labute approximate surface area is 112 Å². The second-order valence-electron chi connectivity index (χ2n) is 5.13. The Morgan fingerprint density at radius 1 is 1.26 bits per heavy atom. The number of carbonyl (C=O) groups excluding carboxylic acids is 2. The molecule has 1 aliphatic rings. The van der Waals surface area contributed by atoms with E-state index in [-0.39, 0.29) is 25.0 Å². The van der Waals surface area contributed by atoms with E-state index in [1.54, 1.807) is 6.92 Å². The largest absolute Gasteiger partial charge is 0.481 e. The number of carboxylic acid groups (broad SMARTS) is 1. The molecule has 0 spiro atoms. The molecule has 108 valence electrons. The number of ether oxygens (including phenoxy) is 1. The van der Waals surface area contributed by atoms with Crippen molar-refractivity contribution in [3.63, 3.8) is 0 Å². The number of aliphatic carboxylic acids is 1. The third-order valence-corrected chi connectivity index (χ3v) is 3.48. The summed E-state index contributed by atoms with van der Waals surface area (Å²) in [5.74, 6) is -2.67. The van der Waals surface area contributed by atoms with Gasteiger partial charge in [-0.2, -0.15) is 0 Å². The first-order chi connectivity index (χ1) is 8.86. The number of rotatable bonds is 5. The fraction of sp³-hybridized carbons (Fsp3) is 0.769. The van der Waals surface area contributed by atoms with Crippen LogP contribution in [0.3, 0.4) is 0 Å². The maximum atomic E-state index is 12.2. The fourth-order valence-corrected chi connectivity index (χ4v) is 2.60. The average molecular weight is 271 g/mol. The van der Waals surface area contributed by atoms with Gasteiger partial charge in [0.2, 0.25) is 5.91 Å². The van der Waals surface area contributed by atoms with Crippen LogP contribution in [-0.2, 0) is 19.1 Å². The van der Waals surface area contributed by atoms with Gasteiger partial charge in [-0.25, -0.2) is 0 Å². The molecule has 1 rings (SSSR count). The van der Waals surface area contributed by atoms with Crippen molar-refractivity contribution in [1.82, 2.24) is 4.90 Å². The Kier molecular flexibility index (Phi) is 5.32. The van der Waals surface area contributed by atoms with Gasteiger partial charge in [-0.05, 0) is 25.7 Å². The Morgan fingerprint density at radius 3 is 2.37 bits per heavy atom. The molecular weight excluding hydrogens is 250 g/mol. The van der Waals surface area contributed by atoms with Crippen molar-refractivity contribution >= 4 is 17.8 Å². The first kappa shape index (κ1) is 15.5. The first-order valence-electron chi connectivity index (χ1n) is 6.50. The Balaban J connectivity index is 2.65. The highest BCUT2D eigenvalue weighted by atomic mass is 16.5. The summed E-state index contributed by atoms with van der Waals surface area (Å²) < 4.78 is 4.77. The van der Waals surface area contributed by atoms with Crippen LogP contribution in [-0.4, -0.2) is 48.1 Å². The van der Waals surface area contributed by atoms with Gasteiger partial charge in [-0.15, -0.1) is 0 Å². The maximum absolute atomic E-state index is 12.2. The lowest BCUT2D eigenvalue weighted by molar-refractivity contribution is -0.152. The molecule has 6 nitrogen and oxygen atoms in total. The molecule has 0 saturated heterocycles. The Morgan fingerprint density at radius 2 is 1.84 bits per heavy atom. The lowest BCUT2D eigenvalue weighted by Crippen LogP contribution is -2.39. The van der Waals surface area contributed by atoms with E-state index >= 15 is 0 Å². The standard InChI is InChI=1S/C13H21NO5/c1-4-19-11(15)7-14(3)12(16)9-5-8(2)6-10(9)13(17)18/h8-10H,4-7H2,1-3H3,(H,17,18). The van der Waals surface area contributed by atoms with E-state index in [4.69, 9.17) is 9.84 Å². The molecule has 19 heavy (non-hydrogen) atoms. The number of esters is 1. The van der Waals surface area contributed by atoms with Crippen LogP contribution in [0.1, 0.15) is 26.7 Å². The van der Waals surface area contributed by atoms with Gasteiger partial charge in [-0.1, -0.05) is 6.92 Å². The lowest BCUT2D eigenvalue weighted by Gasteiger charge is -2.22. The molecule has 0 aromatic heterocycles. The SMILES string of the molecule is CCOC(=O)CN(C)C(=O)C1CC(C)CC1C(=O)O. The normalized spacial score (nSPS) is 25.9. The summed E-state index contributed by atoms with van der Waals surface area (Å²) in [5, 5.41) is 9.14. The average Bonchev–Trinajstić information content (AvgIpc) is 2.70. The minimum Gasteiger partial charge on any atom is -0.481 e. The highest BCUT2D eigenvalue weighted by Gasteiger charge is 2.42. The van der Waals surface area contributed by atoms with Crippen LogP contribution in [0.5, 0.6) is 0 Å². The molecular formula is C13H21NO5. The van der Waals surface area contributed by atoms with Crippen molar-refractivity contribution in [2.45, 2.75) is 26.7 Å². The van der Waals surface area contributed by atoms with E-state index in [1.165, 1.54) is 11.9 Å². The number of amides is 1. The van der Waals surface area contributed by atoms with E-state index in [0.717, 1.165) is 0 Å². The zero-order valence-electron chi connectivity index (χ0n) is 11.6. The zero-order valence-corrected chi connectivity index (χ0v) is 11.6. The third kappa shape index (κ3) is 3.94. The van der Waals surface area contributed by atoms with Crippen molar-refractivity contribution < 1.29 is 24.2 Å². The minimum atomic E-state index is -0.938. The summed E-state index contributed by atoms with van der Waals surface area (Å²) in [6, 6.07) is 0. The number of carboxylic acids is 1. The summed E-state index contributed by atoms with van der Waals surface area (Å²) >= 11 is 0. The second-order valence-corrected chi connectivity index (χ2v) is 5.13. The number of nitrogens with zero attached hydrogens (tertiary/aromatic N) is 1. The molecule has 1 N–H and O–H groups in total. The van der Waals surface area contributed by atoms with Gasteiger partial charge in [0.25, 0.3) is 0 Å². The van der Waals surface area contributed by atoms with E-state index in [1.807, 2.05) is 6.92 Å².